The second-order valence-electron chi connectivity index (χ2n) is 7.80. The Bertz CT molecular complexity index is 1070. The number of hydrogen-bond donors (Lipinski definition) is 0. The molecular formula is C24H25FN2O4. The van der Waals surface area contributed by atoms with E-state index in [-0.39, 0.29) is 18.3 Å². The largest absolute Gasteiger partial charge is 0.493 e. The van der Waals surface area contributed by atoms with Crippen molar-refractivity contribution in [3.8, 4) is 11.5 Å². The summed E-state index contributed by atoms with van der Waals surface area (Å²) < 4.78 is 30.5. The number of carbonyl (C=O) groups is 1. The second kappa shape index (κ2) is 8.79. The molecule has 2 aromatic carbocycles. The minimum Gasteiger partial charge on any atom is -0.493 e. The number of methoxy groups -OCH3 is 1. The molecule has 0 aliphatic carbocycles. The summed E-state index contributed by atoms with van der Waals surface area (Å²) in [5.74, 6) is 1.79. The Balaban J connectivity index is 1.46. The molecule has 0 radical (unpaired) electrons. The van der Waals surface area contributed by atoms with Gasteiger partial charge >= 0.3 is 0 Å². The van der Waals surface area contributed by atoms with Gasteiger partial charge in [0.15, 0.2) is 18.1 Å². The first-order valence-corrected chi connectivity index (χ1v) is 10.3. The van der Waals surface area contributed by atoms with E-state index < -0.39 is 5.54 Å². The van der Waals surface area contributed by atoms with Crippen LogP contribution < -0.4 is 9.47 Å². The molecular weight excluding hydrogens is 399 g/mol. The number of carbonyl (C=O) groups excluding carboxylic acids is 1. The molecule has 1 fully saturated rings. The van der Waals surface area contributed by atoms with Crippen LogP contribution in [0, 0.1) is 5.82 Å². The van der Waals surface area contributed by atoms with E-state index in [1.165, 1.54) is 12.1 Å². The smallest absolute Gasteiger partial charge is 0.261 e. The number of ether oxygens (including phenoxy) is 2. The van der Waals surface area contributed by atoms with Crippen LogP contribution in [0.5, 0.6) is 11.5 Å². The highest BCUT2D eigenvalue weighted by Crippen LogP contribution is 2.38. The average molecular weight is 424 g/mol. The summed E-state index contributed by atoms with van der Waals surface area (Å²) in [5.41, 5.74) is 0.152. The van der Waals surface area contributed by atoms with Crippen LogP contribution in [0.4, 0.5) is 4.39 Å². The number of halogens is 1. The van der Waals surface area contributed by atoms with Crippen LogP contribution in [0.1, 0.15) is 37.0 Å². The van der Waals surface area contributed by atoms with Crippen molar-refractivity contribution in [1.82, 2.24) is 9.88 Å². The number of hydrogen-bond acceptors (Lipinski definition) is 5. The van der Waals surface area contributed by atoms with Gasteiger partial charge in [-0.2, -0.15) is 0 Å². The molecule has 1 aliphatic heterocycles. The van der Waals surface area contributed by atoms with Gasteiger partial charge < -0.3 is 18.8 Å². The fraction of sp³-hybridized carbons (Fsp3) is 0.333. The quantitative estimate of drug-likeness (QED) is 0.565. The van der Waals surface area contributed by atoms with Gasteiger partial charge in [-0.05, 0) is 49.6 Å². The molecule has 1 aromatic heterocycles. The third-order valence-corrected chi connectivity index (χ3v) is 5.64. The van der Waals surface area contributed by atoms with Crippen molar-refractivity contribution >= 4 is 5.91 Å². The Morgan fingerprint density at radius 3 is 2.81 bits per heavy atom. The average Bonchev–Trinajstić information content (AvgIpc) is 3.40. The standard InChI is InChI=1S/C24H25FN2O4/c1-24(23-26-15-19(31-23)14-17-7-5-8-18(25)13-17)11-6-12-27(24)22(28)16-30-21-10-4-3-9-20(21)29-2/h3-5,7-10,13,15H,6,11-12,14,16H2,1-2H3/t24-/m1/s1. The first kappa shape index (κ1) is 20.9. The summed E-state index contributed by atoms with van der Waals surface area (Å²) in [6.45, 7) is 2.46. The zero-order valence-corrected chi connectivity index (χ0v) is 17.6. The number of benzene rings is 2. The van der Waals surface area contributed by atoms with Crippen molar-refractivity contribution < 1.29 is 23.1 Å². The van der Waals surface area contributed by atoms with Crippen molar-refractivity contribution in [2.24, 2.45) is 0 Å². The molecule has 0 N–H and O–H groups in total. The Labute approximate surface area is 180 Å². The fourth-order valence-electron chi connectivity index (χ4n) is 4.03. The molecule has 0 bridgehead atoms. The third-order valence-electron chi connectivity index (χ3n) is 5.64. The summed E-state index contributed by atoms with van der Waals surface area (Å²) >= 11 is 0. The zero-order chi connectivity index (χ0) is 21.8. The molecule has 4 rings (SSSR count). The monoisotopic (exact) mass is 424 g/mol. The summed E-state index contributed by atoms with van der Waals surface area (Å²) in [5, 5.41) is 0. The molecule has 2 heterocycles. The predicted octanol–water partition coefficient (Wildman–Crippen LogP) is 4.33. The highest BCUT2D eigenvalue weighted by molar-refractivity contribution is 5.79. The van der Waals surface area contributed by atoms with Crippen molar-refractivity contribution in [3.05, 3.63) is 77.8 Å². The topological polar surface area (TPSA) is 64.8 Å². The summed E-state index contributed by atoms with van der Waals surface area (Å²) in [6.07, 6.45) is 3.68. The van der Waals surface area contributed by atoms with E-state index in [9.17, 15) is 9.18 Å². The molecule has 0 unspecified atom stereocenters. The van der Waals surface area contributed by atoms with Crippen molar-refractivity contribution in [2.45, 2.75) is 31.7 Å². The van der Waals surface area contributed by atoms with Crippen molar-refractivity contribution in [1.29, 1.82) is 0 Å². The van der Waals surface area contributed by atoms with E-state index in [0.29, 0.717) is 36.1 Å². The SMILES string of the molecule is COc1ccccc1OCC(=O)N1CCC[C@]1(C)c1ncc(Cc2cccc(F)c2)o1. The molecule has 0 saturated carbocycles. The maximum atomic E-state index is 13.5. The van der Waals surface area contributed by atoms with Gasteiger partial charge in [-0.3, -0.25) is 4.79 Å². The molecule has 1 amide bonds. The Hall–Kier alpha value is -3.35. The number of aromatic nitrogens is 1. The lowest BCUT2D eigenvalue weighted by Gasteiger charge is -2.32. The van der Waals surface area contributed by atoms with Crippen molar-refractivity contribution in [3.63, 3.8) is 0 Å². The number of amides is 1. The van der Waals surface area contributed by atoms with E-state index in [2.05, 4.69) is 4.98 Å². The maximum Gasteiger partial charge on any atom is 0.261 e. The third kappa shape index (κ3) is 4.40. The van der Waals surface area contributed by atoms with Crippen LogP contribution >= 0.6 is 0 Å². The molecule has 1 saturated heterocycles. The molecule has 1 atom stereocenters. The van der Waals surface area contributed by atoms with E-state index >= 15 is 0 Å². The summed E-state index contributed by atoms with van der Waals surface area (Å²) in [6, 6.07) is 13.6. The first-order chi connectivity index (χ1) is 15.0. The van der Waals surface area contributed by atoms with E-state index in [0.717, 1.165) is 18.4 Å². The van der Waals surface area contributed by atoms with Gasteiger partial charge in [0.1, 0.15) is 17.1 Å². The minimum absolute atomic E-state index is 0.104. The van der Waals surface area contributed by atoms with Crippen LogP contribution in [-0.4, -0.2) is 36.1 Å². The van der Waals surface area contributed by atoms with Gasteiger partial charge in [-0.25, -0.2) is 9.37 Å². The Morgan fingerprint density at radius 2 is 2.03 bits per heavy atom. The normalized spacial score (nSPS) is 18.2. The highest BCUT2D eigenvalue weighted by Gasteiger charge is 2.44. The first-order valence-electron chi connectivity index (χ1n) is 10.3. The summed E-state index contributed by atoms with van der Waals surface area (Å²) in [4.78, 5) is 19.2. The second-order valence-corrected chi connectivity index (χ2v) is 7.80. The number of likely N-dealkylation sites (tertiary alicyclic amines) is 1. The van der Waals surface area contributed by atoms with Crippen LogP contribution in [0.15, 0.2) is 59.1 Å². The molecule has 31 heavy (non-hydrogen) atoms. The minimum atomic E-state index is -0.651. The number of nitrogens with zero attached hydrogens (tertiary/aromatic N) is 2. The zero-order valence-electron chi connectivity index (χ0n) is 17.6. The Kier molecular flexibility index (Phi) is 5.93. The van der Waals surface area contributed by atoms with Gasteiger partial charge in [-0.15, -0.1) is 0 Å². The van der Waals surface area contributed by atoms with E-state index in [4.69, 9.17) is 13.9 Å². The number of para-hydroxylation sites is 2. The predicted molar refractivity (Wildman–Crippen MR) is 112 cm³/mol. The fourth-order valence-corrected chi connectivity index (χ4v) is 4.03. The highest BCUT2D eigenvalue weighted by atomic mass is 19.1. The van der Waals surface area contributed by atoms with Crippen LogP contribution in [-0.2, 0) is 16.8 Å². The van der Waals surface area contributed by atoms with Crippen LogP contribution in [0.3, 0.4) is 0 Å². The molecule has 7 heteroatoms. The maximum absolute atomic E-state index is 13.5. The van der Waals surface area contributed by atoms with Gasteiger partial charge in [0, 0.05) is 13.0 Å². The van der Waals surface area contributed by atoms with Gasteiger partial charge in [0.2, 0.25) is 5.89 Å². The molecule has 3 aromatic rings. The molecule has 6 nitrogen and oxygen atoms in total. The lowest BCUT2D eigenvalue weighted by molar-refractivity contribution is -0.138. The molecule has 162 valence electrons. The van der Waals surface area contributed by atoms with Crippen LogP contribution in [0.25, 0.3) is 0 Å². The van der Waals surface area contributed by atoms with E-state index in [1.54, 1.807) is 36.4 Å². The van der Waals surface area contributed by atoms with Crippen molar-refractivity contribution in [2.75, 3.05) is 20.3 Å². The van der Waals surface area contributed by atoms with Crippen LogP contribution in [0.2, 0.25) is 0 Å². The lowest BCUT2D eigenvalue weighted by atomic mass is 9.99. The van der Waals surface area contributed by atoms with E-state index in [1.807, 2.05) is 25.1 Å². The lowest BCUT2D eigenvalue weighted by Crippen LogP contribution is -2.45. The number of oxazole rings is 1. The summed E-state index contributed by atoms with van der Waals surface area (Å²) in [7, 11) is 1.56. The molecule has 1 aliphatic rings. The molecule has 0 spiro atoms. The number of rotatable bonds is 7. The Morgan fingerprint density at radius 1 is 1.23 bits per heavy atom. The van der Waals surface area contributed by atoms with Gasteiger partial charge in [0.25, 0.3) is 5.91 Å². The van der Waals surface area contributed by atoms with Gasteiger partial charge in [0.05, 0.1) is 13.3 Å². The van der Waals surface area contributed by atoms with Gasteiger partial charge in [-0.1, -0.05) is 24.3 Å².